The Labute approximate surface area is 130 Å². The molecule has 1 atom stereocenters. The first-order valence-electron chi connectivity index (χ1n) is 7.72. The van der Waals surface area contributed by atoms with E-state index in [1.807, 2.05) is 18.9 Å². The lowest BCUT2D eigenvalue weighted by Crippen LogP contribution is -2.61. The van der Waals surface area contributed by atoms with Crippen molar-refractivity contribution >= 4 is 11.9 Å². The third-order valence-electron chi connectivity index (χ3n) is 4.32. The van der Waals surface area contributed by atoms with E-state index in [0.717, 1.165) is 25.6 Å². The van der Waals surface area contributed by atoms with Crippen molar-refractivity contribution in [3.63, 3.8) is 0 Å². The van der Waals surface area contributed by atoms with Gasteiger partial charge >= 0.3 is 0 Å². The van der Waals surface area contributed by atoms with Gasteiger partial charge in [-0.2, -0.15) is 0 Å². The van der Waals surface area contributed by atoms with Gasteiger partial charge in [0, 0.05) is 51.7 Å². The van der Waals surface area contributed by atoms with Crippen molar-refractivity contribution in [1.82, 2.24) is 19.8 Å². The molecule has 0 saturated carbocycles. The van der Waals surface area contributed by atoms with E-state index in [9.17, 15) is 4.79 Å². The van der Waals surface area contributed by atoms with Crippen LogP contribution in [0, 0.1) is 0 Å². The molecule has 7 nitrogen and oxygen atoms in total. The predicted molar refractivity (Wildman–Crippen MR) is 82.7 cm³/mol. The van der Waals surface area contributed by atoms with Crippen molar-refractivity contribution in [2.75, 3.05) is 57.8 Å². The van der Waals surface area contributed by atoms with Gasteiger partial charge in [-0.3, -0.25) is 4.79 Å². The van der Waals surface area contributed by atoms with Gasteiger partial charge in [-0.15, -0.1) is 0 Å². The first kappa shape index (κ1) is 15.2. The van der Waals surface area contributed by atoms with E-state index in [2.05, 4.69) is 19.8 Å². The predicted octanol–water partition coefficient (Wildman–Crippen LogP) is -0.154. The summed E-state index contributed by atoms with van der Waals surface area (Å²) in [6.45, 7) is 6.90. The number of rotatable bonds is 2. The fraction of sp³-hybridized carbons (Fsp3) is 0.667. The van der Waals surface area contributed by atoms with Gasteiger partial charge in [-0.05, 0) is 20.0 Å². The number of morpholine rings is 1. The molecule has 120 valence electrons. The van der Waals surface area contributed by atoms with Gasteiger partial charge in [-0.25, -0.2) is 9.97 Å². The number of amides is 1. The third kappa shape index (κ3) is 3.05. The normalized spacial score (nSPS) is 27.0. The lowest BCUT2D eigenvalue weighted by molar-refractivity contribution is -0.166. The number of carbonyl (C=O) groups excluding carboxylic acids is 1. The second-order valence-electron chi connectivity index (χ2n) is 6.15. The van der Waals surface area contributed by atoms with Crippen LogP contribution in [-0.2, 0) is 9.53 Å². The highest BCUT2D eigenvalue weighted by atomic mass is 16.5. The number of aromatic nitrogens is 2. The summed E-state index contributed by atoms with van der Waals surface area (Å²) in [7, 11) is 2.03. The number of piperazine rings is 1. The van der Waals surface area contributed by atoms with Crippen LogP contribution in [-0.4, -0.2) is 84.2 Å². The number of anilines is 1. The lowest BCUT2D eigenvalue weighted by atomic mass is 10.0. The van der Waals surface area contributed by atoms with Crippen LogP contribution >= 0.6 is 0 Å². The summed E-state index contributed by atoms with van der Waals surface area (Å²) in [5.41, 5.74) is -0.724. The highest BCUT2D eigenvalue weighted by molar-refractivity contribution is 5.85. The van der Waals surface area contributed by atoms with Crippen molar-refractivity contribution in [3.05, 3.63) is 18.5 Å². The second kappa shape index (κ2) is 6.18. The van der Waals surface area contributed by atoms with E-state index in [1.54, 1.807) is 18.5 Å². The van der Waals surface area contributed by atoms with Crippen LogP contribution in [0.2, 0.25) is 0 Å². The number of hydrogen-bond donors (Lipinski definition) is 0. The molecular formula is C15H23N5O2. The van der Waals surface area contributed by atoms with Crippen molar-refractivity contribution < 1.29 is 9.53 Å². The Hall–Kier alpha value is -1.73. The van der Waals surface area contributed by atoms with Gasteiger partial charge in [0.25, 0.3) is 5.91 Å². The molecule has 1 aromatic heterocycles. The third-order valence-corrected chi connectivity index (χ3v) is 4.32. The number of ether oxygens (including phenoxy) is 1. The molecule has 0 radical (unpaired) electrons. The summed E-state index contributed by atoms with van der Waals surface area (Å²) in [5, 5.41) is 0. The molecule has 2 fully saturated rings. The average molecular weight is 305 g/mol. The van der Waals surface area contributed by atoms with E-state index in [0.29, 0.717) is 26.2 Å². The zero-order valence-corrected chi connectivity index (χ0v) is 13.2. The maximum Gasteiger partial charge on any atom is 0.255 e. The minimum Gasteiger partial charge on any atom is -0.363 e. The van der Waals surface area contributed by atoms with E-state index < -0.39 is 5.60 Å². The zero-order valence-electron chi connectivity index (χ0n) is 13.2. The summed E-state index contributed by atoms with van der Waals surface area (Å²) >= 11 is 0. The Morgan fingerprint density at radius 1 is 1.18 bits per heavy atom. The molecule has 2 aliphatic heterocycles. The summed E-state index contributed by atoms with van der Waals surface area (Å²) in [6, 6.07) is 1.81. The first-order chi connectivity index (χ1) is 10.6. The summed E-state index contributed by atoms with van der Waals surface area (Å²) in [5.74, 6) is 0.821. The Morgan fingerprint density at radius 3 is 2.50 bits per heavy atom. The number of carbonyl (C=O) groups is 1. The van der Waals surface area contributed by atoms with Gasteiger partial charge in [0.2, 0.25) is 5.95 Å². The van der Waals surface area contributed by atoms with E-state index >= 15 is 0 Å². The Bertz CT molecular complexity index is 518. The molecule has 3 heterocycles. The van der Waals surface area contributed by atoms with Crippen LogP contribution in [0.1, 0.15) is 6.92 Å². The standard InChI is InChI=1S/C15H23N5O2/c1-15(12-18(2)10-11-22-15)13(21)19-6-8-20(9-7-19)14-16-4-3-5-17-14/h3-5H,6-12H2,1-2H3/t15-/m1/s1. The van der Waals surface area contributed by atoms with E-state index in [4.69, 9.17) is 4.74 Å². The van der Waals surface area contributed by atoms with Crippen LogP contribution < -0.4 is 4.90 Å². The number of hydrogen-bond acceptors (Lipinski definition) is 6. The SMILES string of the molecule is CN1CCO[C@@](C)(C(=O)N2CCN(c3ncccn3)CC2)C1. The molecule has 0 unspecified atom stereocenters. The Balaban J connectivity index is 1.60. The molecular weight excluding hydrogens is 282 g/mol. The van der Waals surface area contributed by atoms with Gasteiger partial charge < -0.3 is 19.4 Å². The van der Waals surface area contributed by atoms with Crippen molar-refractivity contribution in [3.8, 4) is 0 Å². The van der Waals surface area contributed by atoms with Crippen molar-refractivity contribution in [1.29, 1.82) is 0 Å². The summed E-state index contributed by atoms with van der Waals surface area (Å²) in [4.78, 5) is 27.5. The van der Waals surface area contributed by atoms with E-state index in [1.165, 1.54) is 0 Å². The van der Waals surface area contributed by atoms with Crippen LogP contribution in [0.15, 0.2) is 18.5 Å². The smallest absolute Gasteiger partial charge is 0.255 e. The molecule has 1 aromatic rings. The molecule has 22 heavy (non-hydrogen) atoms. The van der Waals surface area contributed by atoms with E-state index in [-0.39, 0.29) is 5.91 Å². The Morgan fingerprint density at radius 2 is 1.86 bits per heavy atom. The monoisotopic (exact) mass is 305 g/mol. The molecule has 7 heteroatoms. The average Bonchev–Trinajstić information content (AvgIpc) is 2.55. The summed E-state index contributed by atoms with van der Waals surface area (Å²) in [6.07, 6.45) is 3.49. The van der Waals surface area contributed by atoms with Crippen LogP contribution in [0.5, 0.6) is 0 Å². The Kier molecular flexibility index (Phi) is 4.26. The molecule has 0 aliphatic carbocycles. The zero-order chi connectivity index (χ0) is 15.6. The van der Waals surface area contributed by atoms with Crippen LogP contribution in [0.4, 0.5) is 5.95 Å². The number of likely N-dealkylation sites (N-methyl/N-ethyl adjacent to an activating group) is 1. The van der Waals surface area contributed by atoms with Gasteiger partial charge in [0.1, 0.15) is 0 Å². The van der Waals surface area contributed by atoms with Gasteiger partial charge in [0.05, 0.1) is 6.61 Å². The summed E-state index contributed by atoms with van der Waals surface area (Å²) < 4.78 is 5.79. The molecule has 1 amide bonds. The second-order valence-corrected chi connectivity index (χ2v) is 6.15. The van der Waals surface area contributed by atoms with Gasteiger partial charge in [0.15, 0.2) is 5.60 Å². The van der Waals surface area contributed by atoms with Crippen molar-refractivity contribution in [2.45, 2.75) is 12.5 Å². The minimum absolute atomic E-state index is 0.0904. The molecule has 0 bridgehead atoms. The number of nitrogens with zero attached hydrogens (tertiary/aromatic N) is 5. The molecule has 2 aliphatic rings. The van der Waals surface area contributed by atoms with Crippen LogP contribution in [0.25, 0.3) is 0 Å². The quantitative estimate of drug-likeness (QED) is 0.757. The molecule has 0 N–H and O–H groups in total. The molecule has 0 aromatic carbocycles. The molecule has 2 saturated heterocycles. The molecule has 0 spiro atoms. The maximum atomic E-state index is 12.8. The highest BCUT2D eigenvalue weighted by Gasteiger charge is 2.41. The molecule has 3 rings (SSSR count). The lowest BCUT2D eigenvalue weighted by Gasteiger charge is -2.43. The maximum absolute atomic E-state index is 12.8. The topological polar surface area (TPSA) is 61.8 Å². The fourth-order valence-electron chi connectivity index (χ4n) is 3.09. The minimum atomic E-state index is -0.724. The fourth-order valence-corrected chi connectivity index (χ4v) is 3.09. The van der Waals surface area contributed by atoms with Crippen LogP contribution in [0.3, 0.4) is 0 Å². The largest absolute Gasteiger partial charge is 0.363 e. The van der Waals surface area contributed by atoms with Crippen molar-refractivity contribution in [2.24, 2.45) is 0 Å². The highest BCUT2D eigenvalue weighted by Crippen LogP contribution is 2.21. The van der Waals surface area contributed by atoms with Gasteiger partial charge in [-0.1, -0.05) is 0 Å². The first-order valence-corrected chi connectivity index (χ1v) is 7.72.